The van der Waals surface area contributed by atoms with Gasteiger partial charge in [0, 0.05) is 49.3 Å². The van der Waals surface area contributed by atoms with Gasteiger partial charge in [0.25, 0.3) is 0 Å². The third kappa shape index (κ3) is 3.89. The van der Waals surface area contributed by atoms with Gasteiger partial charge in [-0.1, -0.05) is 6.07 Å². The fourth-order valence-electron chi connectivity index (χ4n) is 4.79. The van der Waals surface area contributed by atoms with E-state index in [1.165, 1.54) is 5.56 Å². The second kappa shape index (κ2) is 8.97. The Morgan fingerprint density at radius 1 is 1.12 bits per heavy atom. The summed E-state index contributed by atoms with van der Waals surface area (Å²) in [5, 5.41) is 12.3. The Morgan fingerprint density at radius 3 is 2.62 bits per heavy atom. The molecule has 2 atom stereocenters. The number of aromatic nitrogens is 5. The van der Waals surface area contributed by atoms with E-state index in [-0.39, 0.29) is 12.1 Å². The molecule has 32 heavy (non-hydrogen) atoms. The van der Waals surface area contributed by atoms with Crippen LogP contribution in [-0.2, 0) is 4.74 Å². The van der Waals surface area contributed by atoms with Gasteiger partial charge >= 0.3 is 0 Å². The first-order valence-electron chi connectivity index (χ1n) is 11.0. The van der Waals surface area contributed by atoms with E-state index in [1.54, 1.807) is 12.7 Å². The first-order valence-corrected chi connectivity index (χ1v) is 11.4. The first kappa shape index (κ1) is 21.0. The zero-order valence-electron chi connectivity index (χ0n) is 18.4. The largest absolute Gasteiger partial charge is 0.379 e. The highest BCUT2D eigenvalue weighted by Gasteiger charge is 2.41. The normalized spacial score (nSPS) is 21.8. The summed E-state index contributed by atoms with van der Waals surface area (Å²) in [7, 11) is 0. The molecular weight excluding hydrogens is 424 g/mol. The average molecular weight is 453 g/mol. The Morgan fingerprint density at radius 2 is 1.91 bits per heavy atom. The van der Waals surface area contributed by atoms with Crippen LogP contribution in [-0.4, -0.2) is 78.8 Å². The molecule has 3 aromatic heterocycles. The van der Waals surface area contributed by atoms with Gasteiger partial charge in [0.05, 0.1) is 31.0 Å². The summed E-state index contributed by atoms with van der Waals surface area (Å²) >= 11 is 5.84. The van der Waals surface area contributed by atoms with Crippen molar-refractivity contribution >= 4 is 17.3 Å². The van der Waals surface area contributed by atoms with Gasteiger partial charge in [-0.05, 0) is 44.3 Å². The van der Waals surface area contributed by atoms with E-state index in [1.807, 2.05) is 23.0 Å². The molecule has 5 heterocycles. The van der Waals surface area contributed by atoms with Crippen molar-refractivity contribution in [2.24, 2.45) is 0 Å². The van der Waals surface area contributed by atoms with Crippen LogP contribution in [0.15, 0.2) is 43.1 Å². The van der Waals surface area contributed by atoms with Crippen molar-refractivity contribution in [2.75, 3.05) is 39.4 Å². The van der Waals surface area contributed by atoms with E-state index in [2.05, 4.69) is 61.0 Å². The number of aryl methyl sites for hydroxylation is 1. The number of nitrogens with one attached hydrogen (secondary N) is 1. The van der Waals surface area contributed by atoms with Crippen molar-refractivity contribution in [3.63, 3.8) is 0 Å². The number of hydrogen-bond acceptors (Lipinski definition) is 6. The fourth-order valence-corrected chi connectivity index (χ4v) is 5.12. The van der Waals surface area contributed by atoms with Gasteiger partial charge in [0.15, 0.2) is 5.11 Å². The molecule has 0 aromatic carbocycles. The van der Waals surface area contributed by atoms with Crippen LogP contribution < -0.4 is 5.32 Å². The molecule has 0 aliphatic carbocycles. The number of hydrogen-bond donors (Lipinski definition) is 1. The molecule has 2 fully saturated rings. The average Bonchev–Trinajstić information content (AvgIpc) is 3.52. The third-order valence-electron chi connectivity index (χ3n) is 6.35. The molecule has 0 amide bonds. The summed E-state index contributed by atoms with van der Waals surface area (Å²) in [5.74, 6) is 0. The molecule has 168 valence electrons. The minimum absolute atomic E-state index is 0.0248. The van der Waals surface area contributed by atoms with Crippen molar-refractivity contribution in [1.82, 2.24) is 39.7 Å². The molecule has 2 aliphatic rings. The van der Waals surface area contributed by atoms with Crippen LogP contribution in [0.2, 0.25) is 0 Å². The molecule has 3 aromatic rings. The molecule has 1 N–H and O–H groups in total. The minimum Gasteiger partial charge on any atom is -0.379 e. The number of rotatable bonds is 6. The van der Waals surface area contributed by atoms with E-state index >= 15 is 0 Å². The molecule has 10 heteroatoms. The van der Waals surface area contributed by atoms with Crippen LogP contribution >= 0.6 is 12.2 Å². The summed E-state index contributed by atoms with van der Waals surface area (Å²) in [6, 6.07) is 8.30. The minimum atomic E-state index is -0.0248. The molecule has 9 nitrogen and oxygen atoms in total. The number of pyridine rings is 1. The topological polar surface area (TPSA) is 76.3 Å². The number of ether oxygens (including phenoxy) is 1. The molecule has 0 unspecified atom stereocenters. The highest BCUT2D eigenvalue weighted by molar-refractivity contribution is 7.80. The van der Waals surface area contributed by atoms with Gasteiger partial charge in [0.2, 0.25) is 0 Å². The lowest BCUT2D eigenvalue weighted by atomic mass is 9.97. The van der Waals surface area contributed by atoms with Crippen molar-refractivity contribution in [2.45, 2.75) is 25.9 Å². The maximum Gasteiger partial charge on any atom is 0.170 e. The van der Waals surface area contributed by atoms with E-state index in [9.17, 15) is 0 Å². The predicted molar refractivity (Wildman–Crippen MR) is 124 cm³/mol. The lowest BCUT2D eigenvalue weighted by molar-refractivity contribution is 0.0350. The highest BCUT2D eigenvalue weighted by atomic mass is 32.1. The summed E-state index contributed by atoms with van der Waals surface area (Å²) in [4.78, 5) is 9.42. The van der Waals surface area contributed by atoms with E-state index in [4.69, 9.17) is 17.0 Å². The van der Waals surface area contributed by atoms with Crippen LogP contribution in [0, 0.1) is 13.8 Å². The maximum absolute atomic E-state index is 5.84. The van der Waals surface area contributed by atoms with Crippen molar-refractivity contribution in [1.29, 1.82) is 0 Å². The molecule has 0 radical (unpaired) electrons. The standard InChI is InChI=1S/C22H28N8OS/c1-16-13-18(17(2)30(16)28-14-24-25-15-28)21-20(19-5-3-4-6-23-19)26-22(32)29(21)8-7-27-9-11-31-12-10-27/h3-6,13-15,20-21H,7-12H2,1-2H3,(H,26,32)/t20-,21+/m1/s1. The molecule has 0 bridgehead atoms. The second-order valence-electron chi connectivity index (χ2n) is 8.25. The SMILES string of the molecule is Cc1cc([C@H]2[C@@H](c3ccccn3)NC(=S)N2CCN2CCOCC2)c(C)n1-n1cnnc1. The number of morpholine rings is 1. The van der Waals surface area contributed by atoms with Crippen molar-refractivity contribution in [3.8, 4) is 0 Å². The van der Waals surface area contributed by atoms with Crippen LogP contribution in [0.4, 0.5) is 0 Å². The Balaban J connectivity index is 1.51. The Kier molecular flexibility index (Phi) is 5.90. The third-order valence-corrected chi connectivity index (χ3v) is 6.70. The van der Waals surface area contributed by atoms with Crippen molar-refractivity contribution < 1.29 is 4.74 Å². The quantitative estimate of drug-likeness (QED) is 0.567. The van der Waals surface area contributed by atoms with Gasteiger partial charge in [-0.25, -0.2) is 4.68 Å². The molecular formula is C22H28N8OS. The molecule has 2 aliphatic heterocycles. The fraction of sp³-hybridized carbons (Fsp3) is 0.455. The van der Waals surface area contributed by atoms with E-state index in [0.717, 1.165) is 61.6 Å². The summed E-state index contributed by atoms with van der Waals surface area (Å²) in [6.07, 6.45) is 5.27. The van der Waals surface area contributed by atoms with Gasteiger partial charge in [-0.15, -0.1) is 10.2 Å². The van der Waals surface area contributed by atoms with E-state index < -0.39 is 0 Å². The zero-order chi connectivity index (χ0) is 22.1. The Labute approximate surface area is 193 Å². The zero-order valence-corrected chi connectivity index (χ0v) is 19.2. The van der Waals surface area contributed by atoms with Gasteiger partial charge < -0.3 is 15.0 Å². The van der Waals surface area contributed by atoms with Crippen molar-refractivity contribution in [3.05, 3.63) is 65.8 Å². The molecule has 5 rings (SSSR count). The Hall–Kier alpha value is -2.82. The molecule has 2 saturated heterocycles. The van der Waals surface area contributed by atoms with Crippen LogP contribution in [0.25, 0.3) is 0 Å². The predicted octanol–water partition coefficient (Wildman–Crippen LogP) is 1.71. The summed E-state index contributed by atoms with van der Waals surface area (Å²) in [6.45, 7) is 9.54. The van der Waals surface area contributed by atoms with Crippen LogP contribution in [0.1, 0.15) is 34.7 Å². The van der Waals surface area contributed by atoms with Crippen LogP contribution in [0.5, 0.6) is 0 Å². The van der Waals surface area contributed by atoms with E-state index in [0.29, 0.717) is 0 Å². The second-order valence-corrected chi connectivity index (χ2v) is 8.64. The maximum atomic E-state index is 5.84. The van der Waals surface area contributed by atoms with Gasteiger partial charge in [-0.2, -0.15) is 0 Å². The van der Waals surface area contributed by atoms with Gasteiger partial charge in [-0.3, -0.25) is 14.6 Å². The lowest BCUT2D eigenvalue weighted by Crippen LogP contribution is -2.42. The first-order chi connectivity index (χ1) is 15.6. The summed E-state index contributed by atoms with van der Waals surface area (Å²) in [5.41, 5.74) is 4.46. The van der Waals surface area contributed by atoms with Gasteiger partial charge in [0.1, 0.15) is 12.7 Å². The molecule has 0 saturated carbocycles. The summed E-state index contributed by atoms with van der Waals surface area (Å²) < 4.78 is 9.54. The molecule has 0 spiro atoms. The smallest absolute Gasteiger partial charge is 0.170 e. The lowest BCUT2D eigenvalue weighted by Gasteiger charge is -2.32. The number of nitrogens with zero attached hydrogens (tertiary/aromatic N) is 7. The Bertz CT molecular complexity index is 1060. The highest BCUT2D eigenvalue weighted by Crippen LogP contribution is 2.40. The van der Waals surface area contributed by atoms with Crippen LogP contribution in [0.3, 0.4) is 0 Å². The number of thiocarbonyl (C=S) groups is 1. The monoisotopic (exact) mass is 452 g/mol.